The minimum atomic E-state index is -0.00994. The molecule has 0 bridgehead atoms. The smallest absolute Gasteiger partial charge is 0.180 e. The number of halogens is 1. The topological polar surface area (TPSA) is 105 Å². The van der Waals surface area contributed by atoms with Crippen LogP contribution in [0.4, 0.5) is 5.82 Å². The molecule has 0 amide bonds. The van der Waals surface area contributed by atoms with Crippen molar-refractivity contribution >= 4 is 34.6 Å². The maximum atomic E-state index is 9.71. The summed E-state index contributed by atoms with van der Waals surface area (Å²) in [6, 6.07) is 7.95. The number of nitrogens with zero attached hydrogens (tertiary/aromatic N) is 3. The molecule has 0 fully saturated rings. The molecule has 7 heteroatoms. The number of hydrogen-bond acceptors (Lipinski definition) is 6. The summed E-state index contributed by atoms with van der Waals surface area (Å²) >= 11 is 6.52. The zero-order chi connectivity index (χ0) is 22.9. The van der Waals surface area contributed by atoms with Crippen LogP contribution in [0.3, 0.4) is 0 Å². The second-order valence-electron chi connectivity index (χ2n) is 7.37. The minimum Gasteiger partial charge on any atom is -0.493 e. The van der Waals surface area contributed by atoms with Gasteiger partial charge in [0.05, 0.1) is 35.1 Å². The summed E-state index contributed by atoms with van der Waals surface area (Å²) in [7, 11) is 1.56. The molecule has 1 aromatic heterocycles. The largest absolute Gasteiger partial charge is 0.493 e. The van der Waals surface area contributed by atoms with Gasteiger partial charge in [0.25, 0.3) is 0 Å². The number of methoxy groups -OCH3 is 1. The van der Waals surface area contributed by atoms with Crippen molar-refractivity contribution < 1.29 is 9.47 Å². The van der Waals surface area contributed by atoms with Gasteiger partial charge < -0.3 is 15.2 Å². The van der Waals surface area contributed by atoms with Gasteiger partial charge in [-0.2, -0.15) is 10.5 Å². The van der Waals surface area contributed by atoms with Gasteiger partial charge in [0.2, 0.25) is 0 Å². The molecule has 0 spiro atoms. The van der Waals surface area contributed by atoms with Gasteiger partial charge in [-0.1, -0.05) is 18.5 Å². The Kier molecular flexibility index (Phi) is 6.24. The predicted molar refractivity (Wildman–Crippen MR) is 123 cm³/mol. The van der Waals surface area contributed by atoms with E-state index in [9.17, 15) is 10.5 Å². The van der Waals surface area contributed by atoms with Crippen LogP contribution in [0.25, 0.3) is 17.2 Å². The molecule has 1 atom stereocenters. The maximum Gasteiger partial charge on any atom is 0.180 e. The van der Waals surface area contributed by atoms with Crippen LogP contribution in [0, 0.1) is 29.6 Å². The Hall–Kier alpha value is -3.48. The molecule has 2 aromatic rings. The summed E-state index contributed by atoms with van der Waals surface area (Å²) in [6.07, 6.45) is 2.73. The van der Waals surface area contributed by atoms with Gasteiger partial charge in [-0.3, -0.25) is 0 Å². The van der Waals surface area contributed by atoms with Crippen molar-refractivity contribution in [2.24, 2.45) is 0 Å². The molecule has 1 aliphatic carbocycles. The van der Waals surface area contributed by atoms with Gasteiger partial charge in [0.1, 0.15) is 18.0 Å². The fraction of sp³-hybridized carbons (Fsp3) is 0.292. The summed E-state index contributed by atoms with van der Waals surface area (Å²) in [5, 5.41) is 19.6. The molecule has 6 nitrogen and oxygen atoms in total. The Bertz CT molecular complexity index is 1220. The van der Waals surface area contributed by atoms with Crippen molar-refractivity contribution in [2.45, 2.75) is 40.2 Å². The molecule has 3 rings (SSSR count). The number of fused-ring (bicyclic) bond motifs is 1. The first-order valence-electron chi connectivity index (χ1n) is 9.85. The van der Waals surface area contributed by atoms with E-state index in [2.05, 4.69) is 17.1 Å². The Labute approximate surface area is 187 Å². The minimum absolute atomic E-state index is 0.00994. The van der Waals surface area contributed by atoms with Crippen LogP contribution in [0.1, 0.15) is 55.1 Å². The zero-order valence-electron chi connectivity index (χ0n) is 18.1. The van der Waals surface area contributed by atoms with Crippen molar-refractivity contribution in [2.75, 3.05) is 12.8 Å². The third-order valence-electron chi connectivity index (χ3n) is 5.44. The lowest BCUT2D eigenvalue weighted by Crippen LogP contribution is -2.11. The number of nitrogen functional groups attached to an aromatic ring is 1. The standard InChI is InChI=1S/C24H23ClN4O2/c1-6-12(2)31-23-19(25)8-15(9-20(23)30-5)7-16-13(3)17(10-26)22-21(16)14(4)18(11-27)24(28)29-22/h7-9,12H,6H2,1-5H3,(H2,28,29)/b16-7-/t12-/m1/s1. The van der Waals surface area contributed by atoms with E-state index in [0.29, 0.717) is 38.9 Å². The van der Waals surface area contributed by atoms with E-state index in [4.69, 9.17) is 26.8 Å². The number of anilines is 1. The zero-order valence-corrected chi connectivity index (χ0v) is 18.9. The average molecular weight is 435 g/mol. The summed E-state index contributed by atoms with van der Waals surface area (Å²) < 4.78 is 11.4. The number of rotatable bonds is 5. The van der Waals surface area contributed by atoms with Crippen molar-refractivity contribution in [1.82, 2.24) is 4.98 Å². The van der Waals surface area contributed by atoms with Crippen LogP contribution in [0.5, 0.6) is 11.5 Å². The molecule has 0 unspecified atom stereocenters. The average Bonchev–Trinajstić information content (AvgIpc) is 3.00. The van der Waals surface area contributed by atoms with Gasteiger partial charge in [-0.05, 0) is 67.7 Å². The second-order valence-corrected chi connectivity index (χ2v) is 7.78. The van der Waals surface area contributed by atoms with Gasteiger partial charge in [0, 0.05) is 5.56 Å². The van der Waals surface area contributed by atoms with Crippen molar-refractivity contribution in [3.05, 3.63) is 50.7 Å². The third kappa shape index (κ3) is 3.83. The summed E-state index contributed by atoms with van der Waals surface area (Å²) in [4.78, 5) is 4.35. The Morgan fingerprint density at radius 1 is 1.26 bits per heavy atom. The molecule has 2 N–H and O–H groups in total. The second kappa shape index (κ2) is 8.71. The molecule has 1 aromatic carbocycles. The first-order chi connectivity index (χ1) is 14.8. The first-order valence-corrected chi connectivity index (χ1v) is 10.2. The Balaban J connectivity index is 2.22. The van der Waals surface area contributed by atoms with Gasteiger partial charge in [0.15, 0.2) is 11.5 Å². The van der Waals surface area contributed by atoms with Crippen molar-refractivity contribution in [3.63, 3.8) is 0 Å². The lowest BCUT2D eigenvalue weighted by molar-refractivity contribution is 0.208. The molecule has 0 aliphatic heterocycles. The molecule has 0 saturated heterocycles. The fourth-order valence-electron chi connectivity index (χ4n) is 3.58. The van der Waals surface area contributed by atoms with Crippen molar-refractivity contribution in [1.29, 1.82) is 10.5 Å². The highest BCUT2D eigenvalue weighted by molar-refractivity contribution is 6.32. The highest BCUT2D eigenvalue weighted by Crippen LogP contribution is 2.45. The molecule has 0 saturated carbocycles. The molecular formula is C24H23ClN4O2. The van der Waals surface area contributed by atoms with Gasteiger partial charge >= 0.3 is 0 Å². The Morgan fingerprint density at radius 3 is 2.55 bits per heavy atom. The van der Waals surface area contributed by atoms with Crippen LogP contribution >= 0.6 is 11.6 Å². The Morgan fingerprint density at radius 2 is 1.97 bits per heavy atom. The monoisotopic (exact) mass is 434 g/mol. The number of pyridine rings is 1. The molecule has 0 radical (unpaired) electrons. The van der Waals surface area contributed by atoms with Crippen molar-refractivity contribution in [3.8, 4) is 23.6 Å². The highest BCUT2D eigenvalue weighted by atomic mass is 35.5. The van der Waals surface area contributed by atoms with Crippen LogP contribution in [0.2, 0.25) is 5.02 Å². The number of allylic oxidation sites excluding steroid dienone is 3. The number of aromatic nitrogens is 1. The quantitative estimate of drug-likeness (QED) is 0.662. The van der Waals surface area contributed by atoms with Crippen LogP contribution in [-0.4, -0.2) is 18.2 Å². The summed E-state index contributed by atoms with van der Waals surface area (Å²) in [6.45, 7) is 7.66. The van der Waals surface area contributed by atoms with Gasteiger partial charge in [-0.25, -0.2) is 4.98 Å². The summed E-state index contributed by atoms with van der Waals surface area (Å²) in [5.41, 5.74) is 11.0. The predicted octanol–water partition coefficient (Wildman–Crippen LogP) is 5.53. The molecule has 31 heavy (non-hydrogen) atoms. The lowest BCUT2D eigenvalue weighted by atomic mass is 9.95. The first kappa shape index (κ1) is 22.2. The number of benzene rings is 1. The van der Waals surface area contributed by atoms with E-state index < -0.39 is 0 Å². The van der Waals surface area contributed by atoms with E-state index >= 15 is 0 Å². The van der Waals surface area contributed by atoms with Crippen LogP contribution < -0.4 is 15.2 Å². The normalized spacial score (nSPS) is 14.8. The van der Waals surface area contributed by atoms with Gasteiger partial charge in [-0.15, -0.1) is 0 Å². The van der Waals surface area contributed by atoms with Crippen LogP contribution in [-0.2, 0) is 0 Å². The fourth-order valence-corrected chi connectivity index (χ4v) is 3.85. The number of ether oxygens (including phenoxy) is 2. The number of hydrogen-bond donors (Lipinski definition) is 1. The number of nitriles is 2. The molecule has 158 valence electrons. The third-order valence-corrected chi connectivity index (χ3v) is 5.72. The number of nitrogens with two attached hydrogens (primary N) is 1. The SMILES string of the molecule is CC[C@@H](C)Oc1c(Cl)cc(/C=C2/C(C)=C(C#N)c3nc(N)c(C#N)c(C)c32)cc1OC. The van der Waals surface area contributed by atoms with E-state index in [1.54, 1.807) is 13.2 Å². The maximum absolute atomic E-state index is 9.71. The van der Waals surface area contributed by atoms with E-state index in [0.717, 1.165) is 28.7 Å². The summed E-state index contributed by atoms with van der Waals surface area (Å²) in [5.74, 6) is 1.14. The van der Waals surface area contributed by atoms with Crippen LogP contribution in [0.15, 0.2) is 17.7 Å². The van der Waals surface area contributed by atoms with E-state index in [1.165, 1.54) is 0 Å². The molecule has 1 heterocycles. The lowest BCUT2D eigenvalue weighted by Gasteiger charge is -2.17. The molecular weight excluding hydrogens is 412 g/mol. The highest BCUT2D eigenvalue weighted by Gasteiger charge is 2.29. The van der Waals surface area contributed by atoms with E-state index in [1.807, 2.05) is 39.8 Å². The molecule has 1 aliphatic rings. The van der Waals surface area contributed by atoms with E-state index in [-0.39, 0.29) is 11.9 Å².